The number of benzene rings is 1. The van der Waals surface area contributed by atoms with Crippen molar-refractivity contribution in [3.63, 3.8) is 0 Å². The first-order chi connectivity index (χ1) is 7.80. The molecule has 2 nitrogen and oxygen atoms in total. The van der Waals surface area contributed by atoms with Crippen LogP contribution in [0, 0.1) is 0 Å². The fourth-order valence-corrected chi connectivity index (χ4v) is 1.96. The lowest BCUT2D eigenvalue weighted by atomic mass is 9.93. The summed E-state index contributed by atoms with van der Waals surface area (Å²) in [5.74, 6) is 0.0332. The van der Waals surface area contributed by atoms with Crippen LogP contribution < -0.4 is 5.73 Å². The molecule has 0 unspecified atom stereocenters. The van der Waals surface area contributed by atoms with Crippen LogP contribution in [-0.4, -0.2) is 5.84 Å². The number of nitrogens with zero attached hydrogens (tertiary/aromatic N) is 1. The highest BCUT2D eigenvalue weighted by molar-refractivity contribution is 6.02. The third kappa shape index (κ3) is 2.01. The molecule has 2 N–H and O–H groups in total. The molecule has 0 spiro atoms. The Kier molecular flexibility index (Phi) is 2.64. The van der Waals surface area contributed by atoms with Crippen molar-refractivity contribution >= 4 is 5.84 Å². The molecular weight excluding hydrogens is 229 g/mol. The lowest BCUT2D eigenvalue weighted by Crippen LogP contribution is -2.19. The summed E-state index contributed by atoms with van der Waals surface area (Å²) in [6.45, 7) is 3.97. The molecule has 1 aromatic rings. The fourth-order valence-electron chi connectivity index (χ4n) is 1.96. The first-order valence-electron chi connectivity index (χ1n) is 5.35. The summed E-state index contributed by atoms with van der Waals surface area (Å²) in [4.78, 5) is 3.87. The van der Waals surface area contributed by atoms with Gasteiger partial charge in [0.1, 0.15) is 5.84 Å². The predicted octanol–water partition coefficient (Wildman–Crippen LogP) is 3.05. The Balaban J connectivity index is 2.67. The van der Waals surface area contributed by atoms with E-state index in [1.165, 1.54) is 6.07 Å². The molecular formula is C12H13F3N2. The van der Waals surface area contributed by atoms with Gasteiger partial charge in [-0.3, -0.25) is 4.99 Å². The number of nitrogens with two attached hydrogens (primary N) is 1. The molecule has 0 fully saturated rings. The molecule has 0 saturated heterocycles. The molecule has 5 heteroatoms. The molecule has 0 saturated carbocycles. The first-order valence-corrected chi connectivity index (χ1v) is 5.35. The minimum atomic E-state index is -4.39. The summed E-state index contributed by atoms with van der Waals surface area (Å²) in [6, 6.07) is 2.94. The van der Waals surface area contributed by atoms with Crippen molar-refractivity contribution in [3.05, 3.63) is 34.4 Å². The van der Waals surface area contributed by atoms with Crippen molar-refractivity contribution in [2.75, 3.05) is 0 Å². The first kappa shape index (κ1) is 12.0. The normalized spacial score (nSPS) is 15.1. The van der Waals surface area contributed by atoms with Gasteiger partial charge in [0.15, 0.2) is 0 Å². The van der Waals surface area contributed by atoms with Gasteiger partial charge in [0, 0.05) is 5.56 Å². The molecule has 17 heavy (non-hydrogen) atoms. The highest BCUT2D eigenvalue weighted by Crippen LogP contribution is 2.37. The average molecular weight is 242 g/mol. The zero-order valence-corrected chi connectivity index (χ0v) is 9.60. The fraction of sp³-hybridized carbons (Fsp3) is 0.417. The van der Waals surface area contributed by atoms with Gasteiger partial charge in [-0.15, -0.1) is 0 Å². The molecule has 0 bridgehead atoms. The zero-order chi connectivity index (χ0) is 12.8. The van der Waals surface area contributed by atoms with Gasteiger partial charge < -0.3 is 5.73 Å². The summed E-state index contributed by atoms with van der Waals surface area (Å²) in [5.41, 5.74) is 6.15. The van der Waals surface area contributed by atoms with Crippen LogP contribution in [0.3, 0.4) is 0 Å². The lowest BCUT2D eigenvalue weighted by Gasteiger charge is -2.16. The summed E-state index contributed by atoms with van der Waals surface area (Å²) < 4.78 is 38.8. The molecule has 1 aliphatic rings. The Morgan fingerprint density at radius 2 is 1.94 bits per heavy atom. The standard InChI is InChI=1S/C12H13F3N2/c1-6(2)7-3-8-5-17-11(16)10(8)9(4-7)12(13,14)15/h3-4,6H,5H2,1-2H3,(H2,16,17). The van der Waals surface area contributed by atoms with Gasteiger partial charge in [0.05, 0.1) is 12.1 Å². The van der Waals surface area contributed by atoms with Crippen LogP contribution in [0.1, 0.15) is 42.0 Å². The summed E-state index contributed by atoms with van der Waals surface area (Å²) in [5, 5.41) is 0. The maximum absolute atomic E-state index is 12.9. The van der Waals surface area contributed by atoms with E-state index in [2.05, 4.69) is 4.99 Å². The summed E-state index contributed by atoms with van der Waals surface area (Å²) in [6.07, 6.45) is -4.39. The molecule has 92 valence electrons. The largest absolute Gasteiger partial charge is 0.417 e. The third-order valence-corrected chi connectivity index (χ3v) is 2.89. The molecule has 1 heterocycles. The van der Waals surface area contributed by atoms with Crippen LogP contribution in [0.4, 0.5) is 13.2 Å². The molecule has 0 amide bonds. The Bertz CT molecular complexity index is 487. The van der Waals surface area contributed by atoms with E-state index in [4.69, 9.17) is 5.73 Å². The molecule has 1 aliphatic heterocycles. The highest BCUT2D eigenvalue weighted by Gasteiger charge is 2.37. The topological polar surface area (TPSA) is 38.4 Å². The summed E-state index contributed by atoms with van der Waals surface area (Å²) in [7, 11) is 0. The van der Waals surface area contributed by atoms with Crippen LogP contribution in [0.2, 0.25) is 0 Å². The number of aliphatic imine (C=N–C) groups is 1. The second kappa shape index (κ2) is 3.75. The number of hydrogen-bond donors (Lipinski definition) is 1. The van der Waals surface area contributed by atoms with Crippen molar-refractivity contribution in [2.24, 2.45) is 10.7 Å². The van der Waals surface area contributed by atoms with E-state index in [9.17, 15) is 13.2 Å². The van der Waals surface area contributed by atoms with E-state index >= 15 is 0 Å². The van der Waals surface area contributed by atoms with E-state index in [1.54, 1.807) is 6.07 Å². The van der Waals surface area contributed by atoms with Crippen LogP contribution in [-0.2, 0) is 12.7 Å². The number of rotatable bonds is 1. The summed E-state index contributed by atoms with van der Waals surface area (Å²) >= 11 is 0. The Hall–Kier alpha value is -1.52. The second-order valence-corrected chi connectivity index (χ2v) is 4.46. The van der Waals surface area contributed by atoms with Crippen molar-refractivity contribution in [3.8, 4) is 0 Å². The quantitative estimate of drug-likeness (QED) is 0.807. The molecule has 0 radical (unpaired) electrons. The average Bonchev–Trinajstić information content (AvgIpc) is 2.58. The van der Waals surface area contributed by atoms with E-state index in [0.717, 1.165) is 0 Å². The number of amidine groups is 1. The maximum atomic E-state index is 12.9. The maximum Gasteiger partial charge on any atom is 0.417 e. The van der Waals surface area contributed by atoms with Crippen LogP contribution in [0.25, 0.3) is 0 Å². The molecule has 0 atom stereocenters. The number of hydrogen-bond acceptors (Lipinski definition) is 2. The second-order valence-electron chi connectivity index (χ2n) is 4.46. The molecule has 0 aromatic heterocycles. The minimum absolute atomic E-state index is 0.0115. The van der Waals surface area contributed by atoms with Gasteiger partial charge in [-0.2, -0.15) is 13.2 Å². The van der Waals surface area contributed by atoms with Crippen LogP contribution in [0.15, 0.2) is 17.1 Å². The number of fused-ring (bicyclic) bond motifs is 1. The van der Waals surface area contributed by atoms with E-state index < -0.39 is 11.7 Å². The SMILES string of the molecule is CC(C)c1cc2c(c(C(F)(F)F)c1)C(N)=NC2. The van der Waals surface area contributed by atoms with Gasteiger partial charge in [-0.1, -0.05) is 19.9 Å². The van der Waals surface area contributed by atoms with Crippen LogP contribution in [0.5, 0.6) is 0 Å². The van der Waals surface area contributed by atoms with E-state index in [0.29, 0.717) is 11.1 Å². The molecule has 1 aromatic carbocycles. The molecule has 0 aliphatic carbocycles. The van der Waals surface area contributed by atoms with Gasteiger partial charge >= 0.3 is 6.18 Å². The Morgan fingerprint density at radius 1 is 1.29 bits per heavy atom. The monoisotopic (exact) mass is 242 g/mol. The predicted molar refractivity (Wildman–Crippen MR) is 60.0 cm³/mol. The Labute approximate surface area is 97.3 Å². The number of halogens is 3. The van der Waals surface area contributed by atoms with Crippen LogP contribution >= 0.6 is 0 Å². The van der Waals surface area contributed by atoms with Crippen molar-refractivity contribution < 1.29 is 13.2 Å². The van der Waals surface area contributed by atoms with Gasteiger partial charge in [0.25, 0.3) is 0 Å². The highest BCUT2D eigenvalue weighted by atomic mass is 19.4. The lowest BCUT2D eigenvalue weighted by molar-refractivity contribution is -0.137. The minimum Gasteiger partial charge on any atom is -0.383 e. The smallest absolute Gasteiger partial charge is 0.383 e. The molecule has 2 rings (SSSR count). The van der Waals surface area contributed by atoms with Gasteiger partial charge in [0.2, 0.25) is 0 Å². The third-order valence-electron chi connectivity index (χ3n) is 2.89. The Morgan fingerprint density at radius 3 is 2.47 bits per heavy atom. The van der Waals surface area contributed by atoms with Gasteiger partial charge in [-0.05, 0) is 23.1 Å². The zero-order valence-electron chi connectivity index (χ0n) is 9.60. The van der Waals surface area contributed by atoms with Crippen molar-refractivity contribution in [2.45, 2.75) is 32.5 Å². The van der Waals surface area contributed by atoms with E-state index in [-0.39, 0.29) is 23.9 Å². The number of alkyl halides is 3. The van der Waals surface area contributed by atoms with Crippen molar-refractivity contribution in [1.82, 2.24) is 0 Å². The van der Waals surface area contributed by atoms with E-state index in [1.807, 2.05) is 13.8 Å². The van der Waals surface area contributed by atoms with Gasteiger partial charge in [-0.25, -0.2) is 0 Å². The van der Waals surface area contributed by atoms with Crippen molar-refractivity contribution in [1.29, 1.82) is 0 Å².